The van der Waals surface area contributed by atoms with Crippen LogP contribution in [0.4, 0.5) is 0 Å². The van der Waals surface area contributed by atoms with Crippen LogP contribution < -0.4 is 0 Å². The Morgan fingerprint density at radius 3 is 0.762 bits per heavy atom. The number of carbonyl (C=O) groups excluding carboxylic acids is 4. The first-order valence-corrected chi connectivity index (χ1v) is 15.3. The van der Waals surface area contributed by atoms with Gasteiger partial charge in [-0.15, -0.1) is 0 Å². The molecule has 42 heavy (non-hydrogen) atoms. The average molecular weight is 722 g/mol. The van der Waals surface area contributed by atoms with E-state index in [2.05, 4.69) is 0 Å². The second-order valence-corrected chi connectivity index (χ2v) is 12.7. The number of imide groups is 2. The number of hydrogen-bond acceptors (Lipinski definition) is 4. The van der Waals surface area contributed by atoms with Crippen molar-refractivity contribution in [2.75, 3.05) is 13.1 Å². The molecule has 0 aliphatic carbocycles. The molecule has 0 saturated heterocycles. The first-order chi connectivity index (χ1) is 19.8. The van der Waals surface area contributed by atoms with Crippen LogP contribution in [0.5, 0.6) is 0 Å². The summed E-state index contributed by atoms with van der Waals surface area (Å²) in [6.45, 7) is 3.29. The molecular formula is C28H10Cl8N2O4. The maximum absolute atomic E-state index is 13.6. The van der Waals surface area contributed by atoms with Crippen molar-refractivity contribution < 1.29 is 19.2 Å². The number of nitrogens with zero attached hydrogens (tertiary/aromatic N) is 2. The summed E-state index contributed by atoms with van der Waals surface area (Å²) in [6, 6.07) is 0. The fraction of sp³-hybridized carbons (Fsp3) is 0.143. The van der Waals surface area contributed by atoms with Gasteiger partial charge in [0.05, 0.1) is 62.4 Å². The van der Waals surface area contributed by atoms with E-state index in [-0.39, 0.29) is 119 Å². The second-order valence-electron chi connectivity index (χ2n) is 9.72. The van der Waals surface area contributed by atoms with E-state index in [1.54, 1.807) is 13.8 Å². The summed E-state index contributed by atoms with van der Waals surface area (Å²) in [5.41, 5.74) is -0.225. The predicted molar refractivity (Wildman–Crippen MR) is 170 cm³/mol. The largest absolute Gasteiger partial charge is 0.275 e. The Hall–Kier alpha value is -2.00. The summed E-state index contributed by atoms with van der Waals surface area (Å²) in [6.07, 6.45) is 0. The van der Waals surface area contributed by atoms with Gasteiger partial charge in [0.2, 0.25) is 0 Å². The van der Waals surface area contributed by atoms with Crippen LogP contribution >= 0.6 is 92.8 Å². The van der Waals surface area contributed by atoms with Crippen molar-refractivity contribution in [1.29, 1.82) is 0 Å². The van der Waals surface area contributed by atoms with E-state index in [0.29, 0.717) is 0 Å². The molecule has 0 fully saturated rings. The van der Waals surface area contributed by atoms with E-state index >= 15 is 0 Å². The molecule has 14 heteroatoms. The van der Waals surface area contributed by atoms with Crippen LogP contribution in [0.25, 0.3) is 43.1 Å². The maximum atomic E-state index is 13.6. The van der Waals surface area contributed by atoms with Gasteiger partial charge in [-0.1, -0.05) is 92.8 Å². The van der Waals surface area contributed by atoms with Crippen LogP contribution in [-0.2, 0) is 0 Å². The van der Waals surface area contributed by atoms with Crippen LogP contribution in [0.1, 0.15) is 55.3 Å². The van der Waals surface area contributed by atoms with Gasteiger partial charge in [-0.25, -0.2) is 0 Å². The summed E-state index contributed by atoms with van der Waals surface area (Å²) < 4.78 is 0. The van der Waals surface area contributed by atoms with Crippen LogP contribution in [0.3, 0.4) is 0 Å². The molecular weight excluding hydrogens is 712 g/mol. The van der Waals surface area contributed by atoms with Crippen LogP contribution in [0.2, 0.25) is 40.2 Å². The van der Waals surface area contributed by atoms with E-state index in [1.807, 2.05) is 0 Å². The lowest BCUT2D eigenvalue weighted by atomic mass is 9.81. The highest BCUT2D eigenvalue weighted by Gasteiger charge is 2.43. The van der Waals surface area contributed by atoms with Gasteiger partial charge >= 0.3 is 0 Å². The van der Waals surface area contributed by atoms with E-state index in [4.69, 9.17) is 92.8 Å². The van der Waals surface area contributed by atoms with E-state index in [1.165, 1.54) is 0 Å². The summed E-state index contributed by atoms with van der Waals surface area (Å²) in [5.74, 6) is -2.73. The van der Waals surface area contributed by atoms with E-state index in [9.17, 15) is 19.2 Å². The summed E-state index contributed by atoms with van der Waals surface area (Å²) in [7, 11) is 0. The monoisotopic (exact) mass is 718 g/mol. The number of halogens is 8. The molecule has 0 aromatic heterocycles. The molecule has 0 unspecified atom stereocenters. The Labute approximate surface area is 276 Å². The Balaban J connectivity index is 1.93. The quantitative estimate of drug-likeness (QED) is 0.103. The van der Waals surface area contributed by atoms with Gasteiger partial charge in [-0.3, -0.25) is 29.0 Å². The van der Waals surface area contributed by atoms with Crippen molar-refractivity contribution in [3.8, 4) is 0 Å². The maximum Gasteiger partial charge on any atom is 0.262 e. The molecule has 0 bridgehead atoms. The molecule has 6 nitrogen and oxygen atoms in total. The Morgan fingerprint density at radius 2 is 0.571 bits per heavy atom. The standard InChI is InChI=1S/C28H10Cl8N2O4/c1-3-37-25(39)13-7-5-9(17(29)21(13)33)11-6-8-15(23(35)19(11)31)27(41)38(4-2)28(42)16(8)24(36)20(32)12(6)10(5)18(30)22(34)14(7)26(37)40/h3-4H2,1-2H3. The SMILES string of the molecule is CCN1C(=O)c2c(Cl)c(Cl)c3c4c(Cl)c(Cl)c5c6c(c(Cl)c(Cl)c(c7c(Cl)c(Cl)c(c2c37)C1=O)c64)C(=O)N(CC)C5=O. The third-order valence-corrected chi connectivity index (χ3v) is 11.4. The molecule has 0 saturated carbocycles. The highest BCUT2D eigenvalue weighted by atomic mass is 35.5. The molecule has 212 valence electrons. The van der Waals surface area contributed by atoms with Crippen molar-refractivity contribution in [2.45, 2.75) is 13.8 Å². The minimum atomic E-state index is -0.682. The fourth-order valence-electron chi connectivity index (χ4n) is 6.30. The first kappa shape index (κ1) is 28.8. The molecule has 0 atom stereocenters. The number of amides is 4. The third kappa shape index (κ3) is 3.08. The highest BCUT2D eigenvalue weighted by molar-refractivity contribution is 6.63. The Morgan fingerprint density at radius 1 is 0.357 bits per heavy atom. The lowest BCUT2D eigenvalue weighted by Crippen LogP contribution is -2.40. The van der Waals surface area contributed by atoms with E-state index < -0.39 is 23.6 Å². The number of hydrogen-bond donors (Lipinski definition) is 0. The molecule has 2 aliphatic heterocycles. The zero-order valence-electron chi connectivity index (χ0n) is 21.0. The van der Waals surface area contributed by atoms with Crippen LogP contribution in [0, 0.1) is 0 Å². The topological polar surface area (TPSA) is 74.8 Å². The average Bonchev–Trinajstić information content (AvgIpc) is 2.95. The smallest absolute Gasteiger partial charge is 0.262 e. The number of fused-ring (bicyclic) bond motifs is 2. The second kappa shape index (κ2) is 9.26. The van der Waals surface area contributed by atoms with Crippen LogP contribution in [0.15, 0.2) is 0 Å². The van der Waals surface area contributed by atoms with Crippen molar-refractivity contribution in [2.24, 2.45) is 0 Å². The minimum absolute atomic E-state index is 0.0252. The molecule has 4 amide bonds. The summed E-state index contributed by atoms with van der Waals surface area (Å²) in [5, 5.41) is 0.302. The highest BCUT2D eigenvalue weighted by Crippen LogP contribution is 2.59. The normalized spacial score (nSPS) is 15.2. The van der Waals surface area contributed by atoms with Crippen molar-refractivity contribution >= 4 is 160 Å². The van der Waals surface area contributed by atoms with Gasteiger partial charge < -0.3 is 0 Å². The van der Waals surface area contributed by atoms with Gasteiger partial charge in [0.25, 0.3) is 23.6 Å². The zero-order valence-corrected chi connectivity index (χ0v) is 27.0. The molecule has 0 N–H and O–H groups in total. The zero-order chi connectivity index (χ0) is 30.4. The fourth-order valence-corrected chi connectivity index (χ4v) is 8.51. The predicted octanol–water partition coefficient (Wildman–Crippen LogP) is 10.2. The molecule has 7 rings (SSSR count). The van der Waals surface area contributed by atoms with Crippen molar-refractivity contribution in [1.82, 2.24) is 9.80 Å². The van der Waals surface area contributed by atoms with Gasteiger partial charge in [-0.05, 0) is 13.8 Å². The molecule has 5 aromatic carbocycles. The van der Waals surface area contributed by atoms with Gasteiger partial charge in [0, 0.05) is 56.2 Å². The van der Waals surface area contributed by atoms with Gasteiger partial charge in [0.1, 0.15) is 0 Å². The first-order valence-electron chi connectivity index (χ1n) is 12.3. The molecule has 2 heterocycles. The summed E-state index contributed by atoms with van der Waals surface area (Å²) in [4.78, 5) is 56.4. The Kier molecular flexibility index (Phi) is 6.34. The lowest BCUT2D eigenvalue weighted by Gasteiger charge is -2.32. The minimum Gasteiger partial charge on any atom is -0.275 e. The molecule has 0 radical (unpaired) electrons. The number of carbonyl (C=O) groups is 4. The van der Waals surface area contributed by atoms with Crippen molar-refractivity contribution in [3.05, 3.63) is 62.4 Å². The van der Waals surface area contributed by atoms with E-state index in [0.717, 1.165) is 9.80 Å². The molecule has 5 aromatic rings. The van der Waals surface area contributed by atoms with Crippen LogP contribution in [-0.4, -0.2) is 46.5 Å². The lowest BCUT2D eigenvalue weighted by molar-refractivity contribution is 0.0604. The Bertz CT molecular complexity index is 1950. The van der Waals surface area contributed by atoms with Gasteiger partial charge in [-0.2, -0.15) is 0 Å². The third-order valence-electron chi connectivity index (χ3n) is 8.00. The summed E-state index contributed by atoms with van der Waals surface area (Å²) >= 11 is 54.9. The number of rotatable bonds is 2. The van der Waals surface area contributed by atoms with Gasteiger partial charge in [0.15, 0.2) is 0 Å². The van der Waals surface area contributed by atoms with Crippen molar-refractivity contribution in [3.63, 3.8) is 0 Å². The molecule has 0 spiro atoms. The number of benzene rings is 5. The molecule has 2 aliphatic rings.